The number of carbonyl (C=O) groups excluding carboxylic acids is 5. The van der Waals surface area contributed by atoms with Gasteiger partial charge in [0.1, 0.15) is 0 Å². The molecule has 12 heteroatoms. The summed E-state index contributed by atoms with van der Waals surface area (Å²) in [6, 6.07) is 24.7. The number of esters is 2. The van der Waals surface area contributed by atoms with E-state index in [0.717, 1.165) is 16.7 Å². The fourth-order valence-corrected chi connectivity index (χ4v) is 4.12. The van der Waals surface area contributed by atoms with Gasteiger partial charge < -0.3 is 19.9 Å². The van der Waals surface area contributed by atoms with Crippen molar-refractivity contribution >= 4 is 41.3 Å². The van der Waals surface area contributed by atoms with E-state index in [1.54, 1.807) is 62.4 Å². The second-order valence-electron chi connectivity index (χ2n) is 10.6. The maximum absolute atomic E-state index is 13.2. The third-order valence-electron chi connectivity index (χ3n) is 6.84. The monoisotopic (exact) mass is 637 g/mol. The van der Waals surface area contributed by atoms with Crippen LogP contribution in [0.5, 0.6) is 0 Å². The highest BCUT2D eigenvalue weighted by atomic mass is 16.6. The molecule has 4 N–H and O–H groups in total. The zero-order valence-electron chi connectivity index (χ0n) is 25.6. The summed E-state index contributed by atoms with van der Waals surface area (Å²) in [6.45, 7) is 5.47. The molecule has 0 spiro atoms. The van der Waals surface area contributed by atoms with Crippen molar-refractivity contribution in [2.24, 2.45) is 0 Å². The summed E-state index contributed by atoms with van der Waals surface area (Å²) in [6.07, 6.45) is -4.50. The summed E-state index contributed by atoms with van der Waals surface area (Å²) in [5, 5.41) is 12.6. The molecule has 0 heterocycles. The first-order valence-corrected chi connectivity index (χ1v) is 14.3. The average molecular weight is 638 g/mol. The highest BCUT2D eigenvalue weighted by molar-refractivity contribution is 6.05. The lowest BCUT2D eigenvalue weighted by molar-refractivity contribution is -0.159. The largest absolute Gasteiger partial charge is 0.478 e. The minimum Gasteiger partial charge on any atom is -0.478 e. The molecule has 0 aliphatic rings. The molecule has 2 atom stereocenters. The Bertz CT molecular complexity index is 1780. The van der Waals surface area contributed by atoms with Crippen LogP contribution in [-0.4, -0.2) is 52.9 Å². The summed E-state index contributed by atoms with van der Waals surface area (Å²) in [5.41, 5.74) is 7.73. The van der Waals surface area contributed by atoms with Gasteiger partial charge in [-0.25, -0.2) is 14.4 Å². The van der Waals surface area contributed by atoms with Crippen LogP contribution in [0, 0.1) is 20.8 Å². The molecule has 240 valence electrons. The van der Waals surface area contributed by atoms with Gasteiger partial charge in [-0.15, -0.1) is 0 Å². The SMILES string of the molecule is Cc1ccc(C(=O)Nc2ccc(C(=O)NNC(=O)[C@H](OC(=O)c3ccc(C)cc3)[C@@H](OC(=O)c3ccc(C)cc3)C(=O)O)cc2)cc1. The van der Waals surface area contributed by atoms with Gasteiger partial charge in [0.15, 0.2) is 0 Å². The van der Waals surface area contributed by atoms with Gasteiger partial charge in [-0.2, -0.15) is 0 Å². The molecule has 0 aromatic heterocycles. The number of ether oxygens (including phenoxy) is 2. The summed E-state index contributed by atoms with van der Waals surface area (Å²) in [7, 11) is 0. The maximum atomic E-state index is 13.2. The maximum Gasteiger partial charge on any atom is 0.349 e. The van der Waals surface area contributed by atoms with Crippen LogP contribution >= 0.6 is 0 Å². The Kier molecular flexibility index (Phi) is 10.8. The van der Waals surface area contributed by atoms with Crippen molar-refractivity contribution < 1.29 is 43.3 Å². The van der Waals surface area contributed by atoms with Crippen molar-refractivity contribution in [1.82, 2.24) is 10.9 Å². The summed E-state index contributed by atoms with van der Waals surface area (Å²) in [5.74, 6) is -6.39. The van der Waals surface area contributed by atoms with E-state index < -0.39 is 41.9 Å². The van der Waals surface area contributed by atoms with Gasteiger partial charge in [0.2, 0.25) is 12.2 Å². The molecule has 0 saturated carbocycles. The van der Waals surface area contributed by atoms with Crippen LogP contribution in [0.15, 0.2) is 97.1 Å². The minimum atomic E-state index is -2.29. The normalized spacial score (nSPS) is 11.7. The first kappa shape index (κ1) is 33.6. The number of nitrogens with one attached hydrogen (secondary N) is 3. The molecule has 3 amide bonds. The molecular formula is C35H31N3O9. The van der Waals surface area contributed by atoms with Crippen molar-refractivity contribution in [1.29, 1.82) is 0 Å². The van der Waals surface area contributed by atoms with Gasteiger partial charge >= 0.3 is 17.9 Å². The first-order chi connectivity index (χ1) is 22.4. The van der Waals surface area contributed by atoms with Gasteiger partial charge in [-0.3, -0.25) is 25.2 Å². The predicted molar refractivity (Wildman–Crippen MR) is 170 cm³/mol. The van der Waals surface area contributed by atoms with Crippen LogP contribution in [-0.2, 0) is 19.1 Å². The molecule has 12 nitrogen and oxygen atoms in total. The van der Waals surface area contributed by atoms with Crippen molar-refractivity contribution in [2.45, 2.75) is 33.0 Å². The predicted octanol–water partition coefficient (Wildman–Crippen LogP) is 4.16. The van der Waals surface area contributed by atoms with Gasteiger partial charge in [0.05, 0.1) is 11.1 Å². The Morgan fingerprint density at radius 1 is 0.511 bits per heavy atom. The lowest BCUT2D eigenvalue weighted by Gasteiger charge is -2.23. The number of carboxylic acids is 1. The molecule has 0 radical (unpaired) electrons. The summed E-state index contributed by atoms with van der Waals surface area (Å²) >= 11 is 0. The number of anilines is 1. The highest BCUT2D eigenvalue weighted by Gasteiger charge is 2.41. The van der Waals surface area contributed by atoms with E-state index in [-0.39, 0.29) is 22.6 Å². The van der Waals surface area contributed by atoms with Crippen LogP contribution in [0.4, 0.5) is 5.69 Å². The van der Waals surface area contributed by atoms with Crippen LogP contribution < -0.4 is 16.2 Å². The minimum absolute atomic E-state index is 0.000921. The summed E-state index contributed by atoms with van der Waals surface area (Å²) < 4.78 is 10.4. The number of aryl methyl sites for hydroxylation is 3. The molecule has 0 fully saturated rings. The fraction of sp³-hybridized carbons (Fsp3) is 0.143. The van der Waals surface area contributed by atoms with Crippen molar-refractivity contribution in [2.75, 3.05) is 5.32 Å². The average Bonchev–Trinajstić information content (AvgIpc) is 3.06. The molecule has 4 rings (SSSR count). The molecule has 0 aliphatic carbocycles. The van der Waals surface area contributed by atoms with Gasteiger partial charge in [-0.1, -0.05) is 53.1 Å². The lowest BCUT2D eigenvalue weighted by Crippen LogP contribution is -2.54. The second kappa shape index (κ2) is 15.1. The number of hydrogen-bond donors (Lipinski definition) is 4. The van der Waals surface area contributed by atoms with E-state index in [1.165, 1.54) is 48.5 Å². The first-order valence-electron chi connectivity index (χ1n) is 14.3. The third-order valence-corrected chi connectivity index (χ3v) is 6.84. The van der Waals surface area contributed by atoms with Crippen LogP contribution in [0.3, 0.4) is 0 Å². The zero-order chi connectivity index (χ0) is 34.1. The fourth-order valence-electron chi connectivity index (χ4n) is 4.12. The lowest BCUT2D eigenvalue weighted by atomic mass is 10.1. The Balaban J connectivity index is 1.47. The van der Waals surface area contributed by atoms with Crippen LogP contribution in [0.1, 0.15) is 58.1 Å². The van der Waals surface area contributed by atoms with Gasteiger partial charge in [-0.05, 0) is 81.4 Å². The van der Waals surface area contributed by atoms with Crippen molar-refractivity contribution in [3.05, 3.63) is 136 Å². The Morgan fingerprint density at radius 2 is 0.894 bits per heavy atom. The molecule has 4 aromatic carbocycles. The molecule has 0 unspecified atom stereocenters. The van der Waals surface area contributed by atoms with E-state index in [4.69, 9.17) is 9.47 Å². The molecule has 47 heavy (non-hydrogen) atoms. The Morgan fingerprint density at radius 3 is 1.34 bits per heavy atom. The highest BCUT2D eigenvalue weighted by Crippen LogP contribution is 2.16. The summed E-state index contributed by atoms with van der Waals surface area (Å²) in [4.78, 5) is 76.4. The Hall–Kier alpha value is -6.30. The second-order valence-corrected chi connectivity index (χ2v) is 10.6. The third kappa shape index (κ3) is 9.11. The molecule has 4 aromatic rings. The van der Waals surface area contributed by atoms with E-state index in [0.29, 0.717) is 11.3 Å². The quantitative estimate of drug-likeness (QED) is 0.147. The Labute approximate surface area is 269 Å². The molecule has 0 saturated heterocycles. The van der Waals surface area contributed by atoms with Crippen molar-refractivity contribution in [3.63, 3.8) is 0 Å². The van der Waals surface area contributed by atoms with E-state index in [1.807, 2.05) is 12.3 Å². The van der Waals surface area contributed by atoms with Crippen molar-refractivity contribution in [3.8, 4) is 0 Å². The zero-order valence-corrected chi connectivity index (χ0v) is 25.6. The molecule has 0 aliphatic heterocycles. The standard InChI is InChI=1S/C35H31N3O9/c1-20-4-10-23(11-5-20)30(39)36-27-18-16-24(17-19-27)31(40)37-38-32(41)28(46-34(44)25-12-6-21(2)7-13-25)29(33(42)43)47-35(45)26-14-8-22(3)9-15-26/h4-19,28-29H,1-3H3,(H,36,39)(H,37,40)(H,38,41)(H,42,43)/t28-,29-/m1/s1. The topological polar surface area (TPSA) is 177 Å². The molecular weight excluding hydrogens is 606 g/mol. The van der Waals surface area contributed by atoms with Gasteiger partial charge in [0, 0.05) is 16.8 Å². The molecule has 0 bridgehead atoms. The number of carboxylic acid groups (broad SMARTS) is 1. The smallest absolute Gasteiger partial charge is 0.349 e. The number of benzene rings is 4. The number of hydrogen-bond acceptors (Lipinski definition) is 8. The van der Waals surface area contributed by atoms with Crippen LogP contribution in [0.25, 0.3) is 0 Å². The number of rotatable bonds is 10. The number of hydrazine groups is 1. The van der Waals surface area contributed by atoms with E-state index in [2.05, 4.69) is 10.7 Å². The number of carbonyl (C=O) groups is 6. The van der Waals surface area contributed by atoms with E-state index >= 15 is 0 Å². The number of amides is 3. The number of aliphatic carboxylic acids is 1. The van der Waals surface area contributed by atoms with Crippen LogP contribution in [0.2, 0.25) is 0 Å². The van der Waals surface area contributed by atoms with E-state index in [9.17, 15) is 33.9 Å². The van der Waals surface area contributed by atoms with Gasteiger partial charge in [0.25, 0.3) is 17.7 Å².